The van der Waals surface area contributed by atoms with E-state index in [1.54, 1.807) is 0 Å². The van der Waals surface area contributed by atoms with Crippen LogP contribution in [0.3, 0.4) is 0 Å². The maximum atomic E-state index is 5.96. The first-order valence-electron chi connectivity index (χ1n) is 6.02. The van der Waals surface area contributed by atoms with Gasteiger partial charge in [-0.05, 0) is 49.3 Å². The molecule has 0 spiro atoms. The number of likely N-dealkylation sites (N-methyl/N-ethyl adjacent to an activating group) is 1. The van der Waals surface area contributed by atoms with Crippen molar-refractivity contribution in [2.45, 2.75) is 26.8 Å². The van der Waals surface area contributed by atoms with Crippen molar-refractivity contribution in [3.05, 3.63) is 51.1 Å². The first kappa shape index (κ1) is 15.4. The Hall–Kier alpha value is -0.660. The van der Waals surface area contributed by atoms with Gasteiger partial charge in [-0.3, -0.25) is 0 Å². The molecule has 18 heavy (non-hydrogen) atoms. The molecule has 0 radical (unpaired) electrons. The first-order chi connectivity index (χ1) is 8.51. The highest BCUT2D eigenvalue weighted by atomic mass is 35.5. The standard InChI is InChI=1S/C15H20ClNS/c1-6-18-11(4)14(10(2)3)15(17-5)12-7-8-13(16)9-12/h7-8,15,17H,2,6H2,1,3-5H3/b14-11+. The van der Waals surface area contributed by atoms with Gasteiger partial charge < -0.3 is 5.32 Å². The number of rotatable bonds is 6. The SMILES string of the molecule is C=C(C)/C(=C(/C)SCC)C(NC)C1=C=C(Cl)C=C1. The van der Waals surface area contributed by atoms with Crippen molar-refractivity contribution in [1.82, 2.24) is 5.32 Å². The lowest BCUT2D eigenvalue weighted by Crippen LogP contribution is -2.29. The quantitative estimate of drug-likeness (QED) is 0.572. The van der Waals surface area contributed by atoms with E-state index in [4.69, 9.17) is 11.6 Å². The molecular weight excluding hydrogens is 262 g/mol. The van der Waals surface area contributed by atoms with Crippen molar-refractivity contribution >= 4 is 23.4 Å². The molecule has 1 aliphatic rings. The molecule has 1 N–H and O–H groups in total. The van der Waals surface area contributed by atoms with E-state index in [1.165, 1.54) is 10.5 Å². The summed E-state index contributed by atoms with van der Waals surface area (Å²) in [6, 6.07) is 0.106. The van der Waals surface area contributed by atoms with Crippen molar-refractivity contribution < 1.29 is 0 Å². The van der Waals surface area contributed by atoms with Crippen molar-refractivity contribution in [3.8, 4) is 0 Å². The fourth-order valence-corrected chi connectivity index (χ4v) is 3.11. The van der Waals surface area contributed by atoms with Gasteiger partial charge >= 0.3 is 0 Å². The van der Waals surface area contributed by atoms with E-state index in [0.717, 1.165) is 16.9 Å². The van der Waals surface area contributed by atoms with Crippen LogP contribution in [0.4, 0.5) is 0 Å². The lowest BCUT2D eigenvalue weighted by molar-refractivity contribution is 0.734. The Morgan fingerprint density at radius 3 is 2.56 bits per heavy atom. The van der Waals surface area contributed by atoms with Crippen LogP contribution >= 0.6 is 23.4 Å². The molecular formula is C15H20ClNS. The smallest absolute Gasteiger partial charge is 0.0828 e. The van der Waals surface area contributed by atoms with Gasteiger partial charge in [0, 0.05) is 5.57 Å². The predicted molar refractivity (Wildman–Crippen MR) is 84.0 cm³/mol. The highest BCUT2D eigenvalue weighted by Gasteiger charge is 2.20. The third kappa shape index (κ3) is 3.66. The van der Waals surface area contributed by atoms with Gasteiger partial charge in [-0.25, -0.2) is 0 Å². The van der Waals surface area contributed by atoms with Gasteiger partial charge in [-0.1, -0.05) is 36.4 Å². The molecule has 0 aromatic rings. The third-order valence-electron chi connectivity index (χ3n) is 2.76. The van der Waals surface area contributed by atoms with Crippen LogP contribution in [0.15, 0.2) is 51.1 Å². The molecule has 0 aromatic heterocycles. The van der Waals surface area contributed by atoms with Crippen LogP contribution in [0, 0.1) is 0 Å². The number of halogens is 1. The van der Waals surface area contributed by atoms with Crippen molar-refractivity contribution in [2.24, 2.45) is 0 Å². The molecule has 0 aromatic carbocycles. The second-order valence-corrected chi connectivity index (χ2v) is 6.05. The van der Waals surface area contributed by atoms with Crippen LogP contribution in [-0.2, 0) is 0 Å². The van der Waals surface area contributed by atoms with Crippen molar-refractivity contribution in [3.63, 3.8) is 0 Å². The average Bonchev–Trinajstić information content (AvgIpc) is 2.71. The molecule has 1 unspecified atom stereocenters. The minimum Gasteiger partial charge on any atom is -0.309 e. The van der Waals surface area contributed by atoms with Crippen molar-refractivity contribution in [2.75, 3.05) is 12.8 Å². The molecule has 1 aliphatic carbocycles. The Balaban J connectivity index is 3.20. The molecule has 1 rings (SSSR count). The molecule has 0 amide bonds. The summed E-state index contributed by atoms with van der Waals surface area (Å²) >= 11 is 7.80. The maximum absolute atomic E-state index is 5.96. The molecule has 98 valence electrons. The van der Waals surface area contributed by atoms with E-state index in [9.17, 15) is 0 Å². The Morgan fingerprint density at radius 2 is 2.17 bits per heavy atom. The van der Waals surface area contributed by atoms with Gasteiger partial charge in [0.15, 0.2) is 0 Å². The van der Waals surface area contributed by atoms with Crippen LogP contribution in [0.1, 0.15) is 20.8 Å². The summed E-state index contributed by atoms with van der Waals surface area (Å²) in [6.45, 7) is 10.5. The zero-order chi connectivity index (χ0) is 13.7. The van der Waals surface area contributed by atoms with Crippen LogP contribution in [0.25, 0.3) is 0 Å². The van der Waals surface area contributed by atoms with Gasteiger partial charge in [0.2, 0.25) is 0 Å². The molecule has 1 nitrogen and oxygen atoms in total. The molecule has 0 bridgehead atoms. The van der Waals surface area contributed by atoms with Crippen LogP contribution in [0.5, 0.6) is 0 Å². The second-order valence-electron chi connectivity index (χ2n) is 4.17. The van der Waals surface area contributed by atoms with Gasteiger partial charge in [0.25, 0.3) is 0 Å². The molecule has 0 aliphatic heterocycles. The fourth-order valence-electron chi connectivity index (χ4n) is 2.05. The topological polar surface area (TPSA) is 12.0 Å². The van der Waals surface area contributed by atoms with Gasteiger partial charge in [-0.15, -0.1) is 11.8 Å². The summed E-state index contributed by atoms with van der Waals surface area (Å²) < 4.78 is 0. The largest absolute Gasteiger partial charge is 0.309 e. The van der Waals surface area contributed by atoms with Gasteiger partial charge in [0.05, 0.1) is 11.1 Å². The van der Waals surface area contributed by atoms with E-state index in [-0.39, 0.29) is 6.04 Å². The minimum atomic E-state index is 0.106. The Bertz CT molecular complexity index is 465. The minimum absolute atomic E-state index is 0.106. The van der Waals surface area contributed by atoms with Crippen LogP contribution in [-0.4, -0.2) is 18.8 Å². The highest BCUT2D eigenvalue weighted by molar-refractivity contribution is 8.03. The van der Waals surface area contributed by atoms with E-state index in [2.05, 4.69) is 31.5 Å². The van der Waals surface area contributed by atoms with Crippen LogP contribution < -0.4 is 5.32 Å². The summed E-state index contributed by atoms with van der Waals surface area (Å²) in [5.41, 5.74) is 6.56. The summed E-state index contributed by atoms with van der Waals surface area (Å²) in [4.78, 5) is 1.30. The Kier molecular flexibility index (Phi) is 6.04. The Morgan fingerprint density at radius 1 is 1.50 bits per heavy atom. The zero-order valence-corrected chi connectivity index (χ0v) is 13.0. The predicted octanol–water partition coefficient (Wildman–Crippen LogP) is 4.40. The average molecular weight is 282 g/mol. The normalized spacial score (nSPS) is 17.2. The lowest BCUT2D eigenvalue weighted by Gasteiger charge is -2.22. The maximum Gasteiger partial charge on any atom is 0.0828 e. The lowest BCUT2D eigenvalue weighted by atomic mass is 9.95. The zero-order valence-electron chi connectivity index (χ0n) is 11.4. The van der Waals surface area contributed by atoms with E-state index in [1.807, 2.05) is 37.9 Å². The fraction of sp³-hybridized carbons (Fsp3) is 0.400. The molecule has 0 fully saturated rings. The van der Waals surface area contributed by atoms with E-state index < -0.39 is 0 Å². The number of hydrogen-bond acceptors (Lipinski definition) is 2. The number of allylic oxidation sites excluding steroid dienone is 2. The summed E-state index contributed by atoms with van der Waals surface area (Å²) in [5.74, 6) is 1.06. The molecule has 3 heteroatoms. The first-order valence-corrected chi connectivity index (χ1v) is 7.38. The monoisotopic (exact) mass is 281 g/mol. The van der Waals surface area contributed by atoms with E-state index in [0.29, 0.717) is 5.03 Å². The third-order valence-corrected chi connectivity index (χ3v) is 3.92. The Labute approximate surface area is 119 Å². The summed E-state index contributed by atoms with van der Waals surface area (Å²) in [5, 5.41) is 3.99. The van der Waals surface area contributed by atoms with Crippen LogP contribution in [0.2, 0.25) is 0 Å². The number of nitrogens with one attached hydrogen (secondary N) is 1. The summed E-state index contributed by atoms with van der Waals surface area (Å²) in [7, 11) is 1.95. The van der Waals surface area contributed by atoms with E-state index >= 15 is 0 Å². The number of hydrogen-bond donors (Lipinski definition) is 1. The number of thioether (sulfide) groups is 1. The van der Waals surface area contributed by atoms with Gasteiger partial charge in [-0.2, -0.15) is 0 Å². The van der Waals surface area contributed by atoms with Crippen molar-refractivity contribution in [1.29, 1.82) is 0 Å². The van der Waals surface area contributed by atoms with Gasteiger partial charge in [0.1, 0.15) is 0 Å². The molecule has 0 heterocycles. The highest BCUT2D eigenvalue weighted by Crippen LogP contribution is 2.30. The second kappa shape index (κ2) is 7.06. The summed E-state index contributed by atoms with van der Waals surface area (Å²) in [6.07, 6.45) is 3.88. The molecule has 1 atom stereocenters. The molecule has 0 saturated carbocycles. The molecule has 0 saturated heterocycles.